The first-order valence-electron chi connectivity index (χ1n) is 11.9. The van der Waals surface area contributed by atoms with Gasteiger partial charge in [-0.15, -0.1) is 19.0 Å². The van der Waals surface area contributed by atoms with Crippen LogP contribution in [0.4, 0.5) is 14.5 Å². The molecule has 39 heavy (non-hydrogen) atoms. The van der Waals surface area contributed by atoms with E-state index in [9.17, 15) is 13.6 Å². The molecule has 0 atom stereocenters. The van der Waals surface area contributed by atoms with E-state index in [2.05, 4.69) is 25.0 Å². The summed E-state index contributed by atoms with van der Waals surface area (Å²) in [6, 6.07) is 21.7. The SMILES string of the molecule is COCCn1c(COc2ccccc2-c2ccccc2)nnc1SCC(=O)Nc1ccc2c(c1)OC(F)(F)O2. The van der Waals surface area contributed by atoms with Gasteiger partial charge in [-0.2, -0.15) is 0 Å². The second-order valence-corrected chi connectivity index (χ2v) is 9.30. The predicted octanol–water partition coefficient (Wildman–Crippen LogP) is 5.22. The third-order valence-corrected chi connectivity index (χ3v) is 6.63. The highest BCUT2D eigenvalue weighted by Gasteiger charge is 2.43. The average Bonchev–Trinajstić information content (AvgIpc) is 3.47. The number of carbonyl (C=O) groups excluding carboxylic acids is 1. The predicted molar refractivity (Wildman–Crippen MR) is 140 cm³/mol. The summed E-state index contributed by atoms with van der Waals surface area (Å²) in [7, 11) is 1.60. The van der Waals surface area contributed by atoms with Gasteiger partial charge in [0, 0.05) is 31.0 Å². The summed E-state index contributed by atoms with van der Waals surface area (Å²) < 4.78 is 48.5. The summed E-state index contributed by atoms with van der Waals surface area (Å²) in [5.41, 5.74) is 2.29. The largest absolute Gasteiger partial charge is 0.586 e. The molecule has 0 bridgehead atoms. The fourth-order valence-electron chi connectivity index (χ4n) is 3.88. The number of rotatable bonds is 11. The molecule has 9 nitrogen and oxygen atoms in total. The fraction of sp³-hybridized carbons (Fsp3) is 0.222. The quantitative estimate of drug-likeness (QED) is 0.252. The number of carbonyl (C=O) groups is 1. The van der Waals surface area contributed by atoms with Gasteiger partial charge in [0.1, 0.15) is 12.4 Å². The lowest BCUT2D eigenvalue weighted by Gasteiger charge is -2.13. The zero-order chi connectivity index (χ0) is 27.2. The number of methoxy groups -OCH3 is 1. The molecule has 0 aliphatic carbocycles. The zero-order valence-corrected chi connectivity index (χ0v) is 21.6. The van der Waals surface area contributed by atoms with Crippen LogP contribution in [-0.2, 0) is 22.7 Å². The van der Waals surface area contributed by atoms with E-state index < -0.39 is 6.29 Å². The van der Waals surface area contributed by atoms with E-state index in [-0.39, 0.29) is 29.8 Å². The molecule has 0 unspecified atom stereocenters. The minimum atomic E-state index is -3.72. The van der Waals surface area contributed by atoms with E-state index in [4.69, 9.17) is 9.47 Å². The molecule has 0 fully saturated rings. The standard InChI is InChI=1S/C27H24F2N4O5S/c1-35-14-13-33-24(16-36-21-10-6-5-9-20(21)18-7-3-2-4-8-18)31-32-26(33)39-17-25(34)30-19-11-12-22-23(15-19)38-27(28,29)37-22/h2-12,15H,13-14,16-17H2,1H3,(H,30,34). The van der Waals surface area contributed by atoms with Crippen molar-refractivity contribution in [2.75, 3.05) is 24.8 Å². The molecule has 0 spiro atoms. The first-order valence-corrected chi connectivity index (χ1v) is 12.9. The number of alkyl halides is 2. The second kappa shape index (κ2) is 11.7. The molecule has 12 heteroatoms. The fourth-order valence-corrected chi connectivity index (χ4v) is 4.67. The number of thioether (sulfide) groups is 1. The van der Waals surface area contributed by atoms with Crippen molar-refractivity contribution in [1.82, 2.24) is 14.8 Å². The van der Waals surface area contributed by atoms with Crippen LogP contribution < -0.4 is 19.5 Å². The highest BCUT2D eigenvalue weighted by Crippen LogP contribution is 2.42. The van der Waals surface area contributed by atoms with Gasteiger partial charge >= 0.3 is 6.29 Å². The lowest BCUT2D eigenvalue weighted by Crippen LogP contribution is -2.25. The molecule has 1 amide bonds. The monoisotopic (exact) mass is 554 g/mol. The van der Waals surface area contributed by atoms with Gasteiger partial charge in [0.2, 0.25) is 5.91 Å². The molecule has 1 N–H and O–H groups in total. The van der Waals surface area contributed by atoms with Crippen molar-refractivity contribution in [2.24, 2.45) is 0 Å². The van der Waals surface area contributed by atoms with Crippen molar-refractivity contribution in [3.05, 3.63) is 78.6 Å². The normalized spacial score (nSPS) is 13.3. The number of nitrogens with zero attached hydrogens (tertiary/aromatic N) is 3. The van der Waals surface area contributed by atoms with Crippen molar-refractivity contribution < 1.29 is 32.5 Å². The van der Waals surface area contributed by atoms with Crippen LogP contribution in [0.2, 0.25) is 0 Å². The third-order valence-electron chi connectivity index (χ3n) is 5.66. The van der Waals surface area contributed by atoms with E-state index >= 15 is 0 Å². The number of para-hydroxylation sites is 1. The Kier molecular flexibility index (Phi) is 7.94. The highest BCUT2D eigenvalue weighted by molar-refractivity contribution is 7.99. The number of hydrogen-bond donors (Lipinski definition) is 1. The molecule has 0 saturated heterocycles. The molecule has 1 aliphatic heterocycles. The minimum absolute atomic E-state index is 0.00736. The Labute approximate surface area is 227 Å². The van der Waals surface area contributed by atoms with Crippen LogP contribution in [-0.4, -0.2) is 46.4 Å². The first-order chi connectivity index (χ1) is 18.9. The molecule has 4 aromatic rings. The Morgan fingerprint density at radius 3 is 2.62 bits per heavy atom. The zero-order valence-electron chi connectivity index (χ0n) is 20.8. The maximum Gasteiger partial charge on any atom is 0.586 e. The van der Waals surface area contributed by atoms with Crippen LogP contribution in [0, 0.1) is 0 Å². The lowest BCUT2D eigenvalue weighted by molar-refractivity contribution is -0.286. The van der Waals surface area contributed by atoms with Gasteiger partial charge in [0.05, 0.1) is 12.4 Å². The Bertz CT molecular complexity index is 1450. The van der Waals surface area contributed by atoms with E-state index in [1.54, 1.807) is 7.11 Å². The summed E-state index contributed by atoms with van der Waals surface area (Å²) in [6.07, 6.45) is -3.72. The minimum Gasteiger partial charge on any atom is -0.485 e. The Morgan fingerprint density at radius 1 is 1.03 bits per heavy atom. The summed E-state index contributed by atoms with van der Waals surface area (Å²) >= 11 is 1.18. The smallest absolute Gasteiger partial charge is 0.485 e. The van der Waals surface area contributed by atoms with Gasteiger partial charge in [-0.1, -0.05) is 60.3 Å². The summed E-state index contributed by atoms with van der Waals surface area (Å²) in [5, 5.41) is 11.7. The number of amides is 1. The molecule has 2 heterocycles. The van der Waals surface area contributed by atoms with E-state index in [0.29, 0.717) is 35.6 Å². The Hall–Kier alpha value is -4.16. The molecule has 5 rings (SSSR count). The number of hydrogen-bond acceptors (Lipinski definition) is 8. The van der Waals surface area contributed by atoms with Gasteiger partial charge < -0.3 is 28.8 Å². The highest BCUT2D eigenvalue weighted by atomic mass is 32.2. The lowest BCUT2D eigenvalue weighted by atomic mass is 10.1. The van der Waals surface area contributed by atoms with Crippen molar-refractivity contribution in [3.8, 4) is 28.4 Å². The molecule has 1 aromatic heterocycles. The molecule has 0 saturated carbocycles. The van der Waals surface area contributed by atoms with Crippen molar-refractivity contribution in [2.45, 2.75) is 24.6 Å². The van der Waals surface area contributed by atoms with E-state index in [1.165, 1.54) is 30.0 Å². The van der Waals surface area contributed by atoms with Gasteiger partial charge in [-0.25, -0.2) is 0 Å². The molecule has 0 radical (unpaired) electrons. The van der Waals surface area contributed by atoms with Crippen LogP contribution in [0.15, 0.2) is 78.0 Å². The average molecular weight is 555 g/mol. The van der Waals surface area contributed by atoms with Crippen molar-refractivity contribution >= 4 is 23.4 Å². The number of nitrogens with one attached hydrogen (secondary N) is 1. The summed E-state index contributed by atoms with van der Waals surface area (Å²) in [6.45, 7) is 1.03. The Morgan fingerprint density at radius 2 is 1.79 bits per heavy atom. The van der Waals surface area contributed by atoms with Gasteiger partial charge in [0.15, 0.2) is 22.5 Å². The maximum atomic E-state index is 13.2. The van der Waals surface area contributed by atoms with Gasteiger partial charge in [0.25, 0.3) is 0 Å². The second-order valence-electron chi connectivity index (χ2n) is 8.36. The third kappa shape index (κ3) is 6.47. The van der Waals surface area contributed by atoms with Gasteiger partial charge in [-0.3, -0.25) is 4.79 Å². The number of aromatic nitrogens is 3. The molecule has 1 aliphatic rings. The van der Waals surface area contributed by atoms with E-state index in [1.807, 2.05) is 59.2 Å². The van der Waals surface area contributed by atoms with Crippen molar-refractivity contribution in [3.63, 3.8) is 0 Å². The Balaban J connectivity index is 1.23. The van der Waals surface area contributed by atoms with Crippen LogP contribution in [0.1, 0.15) is 5.82 Å². The van der Waals surface area contributed by atoms with Crippen LogP contribution >= 0.6 is 11.8 Å². The van der Waals surface area contributed by atoms with Gasteiger partial charge in [-0.05, 0) is 23.8 Å². The van der Waals surface area contributed by atoms with Crippen molar-refractivity contribution in [1.29, 1.82) is 0 Å². The van der Waals surface area contributed by atoms with Crippen LogP contribution in [0.5, 0.6) is 17.2 Å². The van der Waals surface area contributed by atoms with Crippen LogP contribution in [0.25, 0.3) is 11.1 Å². The molecular weight excluding hydrogens is 530 g/mol. The topological polar surface area (TPSA) is 96.7 Å². The number of benzene rings is 3. The number of ether oxygens (including phenoxy) is 4. The summed E-state index contributed by atoms with van der Waals surface area (Å²) in [5.74, 6) is 0.687. The maximum absolute atomic E-state index is 13.2. The first kappa shape index (κ1) is 26.4. The number of anilines is 1. The van der Waals surface area contributed by atoms with Crippen LogP contribution in [0.3, 0.4) is 0 Å². The molecule has 3 aromatic carbocycles. The number of halogens is 2. The molecule has 202 valence electrons. The number of fused-ring (bicyclic) bond motifs is 1. The summed E-state index contributed by atoms with van der Waals surface area (Å²) in [4.78, 5) is 12.6. The molecular formula is C27H24F2N4O5S. The van der Waals surface area contributed by atoms with E-state index in [0.717, 1.165) is 11.1 Å².